The lowest BCUT2D eigenvalue weighted by Crippen LogP contribution is -2.42. The van der Waals surface area contributed by atoms with Gasteiger partial charge in [0, 0.05) is 29.1 Å². The van der Waals surface area contributed by atoms with Gasteiger partial charge in [-0.05, 0) is 17.7 Å². The summed E-state index contributed by atoms with van der Waals surface area (Å²) in [6.07, 6.45) is 0. The molecule has 17 heavy (non-hydrogen) atoms. The van der Waals surface area contributed by atoms with Gasteiger partial charge in [-0.1, -0.05) is 28.1 Å². The molecule has 1 aliphatic heterocycles. The van der Waals surface area contributed by atoms with E-state index in [4.69, 9.17) is 5.73 Å². The predicted molar refractivity (Wildman–Crippen MR) is 78.4 cm³/mol. The van der Waals surface area contributed by atoms with E-state index in [1.807, 2.05) is 23.9 Å². The monoisotopic (exact) mass is 313 g/mol. The topological polar surface area (TPSA) is 41.6 Å². The highest BCUT2D eigenvalue weighted by molar-refractivity contribution is 9.10. The molecule has 0 amide bonds. The SMILES string of the molecule is NC(=NCc1cccc(Br)c1)N1CCSCC1. The third kappa shape index (κ3) is 3.92. The van der Waals surface area contributed by atoms with E-state index in [9.17, 15) is 0 Å². The Hall–Kier alpha value is -0.680. The molecular formula is C12H16BrN3S. The van der Waals surface area contributed by atoms with Gasteiger partial charge in [0.1, 0.15) is 0 Å². The molecule has 0 atom stereocenters. The van der Waals surface area contributed by atoms with E-state index < -0.39 is 0 Å². The first kappa shape index (κ1) is 12.8. The van der Waals surface area contributed by atoms with Crippen molar-refractivity contribution in [3.63, 3.8) is 0 Å². The van der Waals surface area contributed by atoms with Crippen LogP contribution in [0.5, 0.6) is 0 Å². The first-order valence-electron chi connectivity index (χ1n) is 5.63. The van der Waals surface area contributed by atoms with Gasteiger partial charge >= 0.3 is 0 Å². The number of hydrogen-bond acceptors (Lipinski definition) is 2. The van der Waals surface area contributed by atoms with Crippen LogP contribution in [-0.4, -0.2) is 35.5 Å². The van der Waals surface area contributed by atoms with Crippen LogP contribution in [0.15, 0.2) is 33.7 Å². The summed E-state index contributed by atoms with van der Waals surface area (Å²) in [7, 11) is 0. The van der Waals surface area contributed by atoms with Crippen molar-refractivity contribution in [2.45, 2.75) is 6.54 Å². The molecule has 0 unspecified atom stereocenters. The Morgan fingerprint density at radius 1 is 1.41 bits per heavy atom. The maximum absolute atomic E-state index is 5.99. The fourth-order valence-corrected chi connectivity index (χ4v) is 3.05. The Bertz CT molecular complexity index is 402. The first-order valence-corrected chi connectivity index (χ1v) is 7.57. The van der Waals surface area contributed by atoms with Crippen molar-refractivity contribution in [1.82, 2.24) is 4.90 Å². The summed E-state index contributed by atoms with van der Waals surface area (Å²) >= 11 is 5.43. The van der Waals surface area contributed by atoms with Crippen molar-refractivity contribution in [3.8, 4) is 0 Å². The van der Waals surface area contributed by atoms with E-state index in [1.54, 1.807) is 0 Å². The minimum atomic E-state index is 0.648. The number of guanidine groups is 1. The highest BCUT2D eigenvalue weighted by Gasteiger charge is 2.11. The number of hydrogen-bond donors (Lipinski definition) is 1. The highest BCUT2D eigenvalue weighted by atomic mass is 79.9. The Kier molecular flexibility index (Phi) is 4.74. The molecule has 0 spiro atoms. The minimum absolute atomic E-state index is 0.648. The number of halogens is 1. The van der Waals surface area contributed by atoms with Crippen molar-refractivity contribution in [1.29, 1.82) is 0 Å². The standard InChI is InChI=1S/C12H16BrN3S/c13-11-3-1-2-10(8-11)9-15-12(14)16-4-6-17-7-5-16/h1-3,8H,4-7,9H2,(H2,14,15). The Morgan fingerprint density at radius 2 is 2.18 bits per heavy atom. The predicted octanol–water partition coefficient (Wildman–Crippen LogP) is 2.31. The molecular weight excluding hydrogens is 298 g/mol. The molecule has 2 rings (SSSR count). The second-order valence-electron chi connectivity index (χ2n) is 3.90. The van der Waals surface area contributed by atoms with Gasteiger partial charge < -0.3 is 10.6 Å². The fourth-order valence-electron chi connectivity index (χ4n) is 1.70. The zero-order chi connectivity index (χ0) is 12.1. The van der Waals surface area contributed by atoms with E-state index >= 15 is 0 Å². The molecule has 3 nitrogen and oxygen atoms in total. The number of nitrogens with two attached hydrogens (primary N) is 1. The average Bonchev–Trinajstić information content (AvgIpc) is 2.37. The lowest BCUT2D eigenvalue weighted by Gasteiger charge is -2.27. The van der Waals surface area contributed by atoms with Crippen LogP contribution in [0.3, 0.4) is 0 Å². The van der Waals surface area contributed by atoms with Crippen molar-refractivity contribution in [2.24, 2.45) is 10.7 Å². The fraction of sp³-hybridized carbons (Fsp3) is 0.417. The van der Waals surface area contributed by atoms with Crippen LogP contribution in [0.2, 0.25) is 0 Å². The van der Waals surface area contributed by atoms with Gasteiger partial charge in [-0.2, -0.15) is 11.8 Å². The van der Waals surface area contributed by atoms with E-state index in [0.717, 1.165) is 29.1 Å². The Labute approximate surface area is 115 Å². The van der Waals surface area contributed by atoms with Crippen molar-refractivity contribution in [3.05, 3.63) is 34.3 Å². The molecule has 1 saturated heterocycles. The summed E-state index contributed by atoms with van der Waals surface area (Å²) in [6, 6.07) is 8.16. The summed E-state index contributed by atoms with van der Waals surface area (Å²) < 4.78 is 1.08. The molecule has 0 aliphatic carbocycles. The number of benzene rings is 1. The second-order valence-corrected chi connectivity index (χ2v) is 6.04. The number of aliphatic imine (C=N–C) groups is 1. The number of rotatable bonds is 2. The summed E-state index contributed by atoms with van der Waals surface area (Å²) in [5.74, 6) is 2.96. The number of thioether (sulfide) groups is 1. The zero-order valence-corrected chi connectivity index (χ0v) is 12.0. The molecule has 1 fully saturated rings. The lowest BCUT2D eigenvalue weighted by atomic mass is 10.2. The molecule has 0 saturated carbocycles. The van der Waals surface area contributed by atoms with Gasteiger partial charge in [0.15, 0.2) is 5.96 Å². The lowest BCUT2D eigenvalue weighted by molar-refractivity contribution is 0.455. The number of nitrogens with zero attached hydrogens (tertiary/aromatic N) is 2. The van der Waals surface area contributed by atoms with Gasteiger partial charge in [-0.3, -0.25) is 0 Å². The molecule has 1 aromatic carbocycles. The van der Waals surface area contributed by atoms with Crippen LogP contribution in [0.4, 0.5) is 0 Å². The molecule has 0 radical (unpaired) electrons. The molecule has 0 bridgehead atoms. The molecule has 0 aromatic heterocycles. The van der Waals surface area contributed by atoms with Crippen LogP contribution in [0, 0.1) is 0 Å². The van der Waals surface area contributed by atoms with Crippen LogP contribution in [0.25, 0.3) is 0 Å². The zero-order valence-electron chi connectivity index (χ0n) is 9.60. The normalized spacial score (nSPS) is 17.2. The van der Waals surface area contributed by atoms with Gasteiger partial charge in [0.25, 0.3) is 0 Å². The quantitative estimate of drug-likeness (QED) is 0.673. The molecule has 1 aliphatic rings. The third-order valence-electron chi connectivity index (χ3n) is 2.65. The molecule has 1 heterocycles. The van der Waals surface area contributed by atoms with E-state index in [2.05, 4.69) is 38.0 Å². The van der Waals surface area contributed by atoms with Gasteiger partial charge in [0.05, 0.1) is 6.54 Å². The van der Waals surface area contributed by atoms with Crippen LogP contribution >= 0.6 is 27.7 Å². The largest absolute Gasteiger partial charge is 0.370 e. The highest BCUT2D eigenvalue weighted by Crippen LogP contribution is 2.13. The van der Waals surface area contributed by atoms with E-state index in [-0.39, 0.29) is 0 Å². The smallest absolute Gasteiger partial charge is 0.191 e. The van der Waals surface area contributed by atoms with Gasteiger partial charge in [0.2, 0.25) is 0 Å². The van der Waals surface area contributed by atoms with Crippen molar-refractivity contribution in [2.75, 3.05) is 24.6 Å². The van der Waals surface area contributed by atoms with Crippen molar-refractivity contribution < 1.29 is 0 Å². The summed E-state index contributed by atoms with van der Waals surface area (Å²) in [6.45, 7) is 2.67. The second kappa shape index (κ2) is 6.31. The van der Waals surface area contributed by atoms with Crippen LogP contribution in [0.1, 0.15) is 5.56 Å². The first-order chi connectivity index (χ1) is 8.25. The Morgan fingerprint density at radius 3 is 2.88 bits per heavy atom. The van der Waals surface area contributed by atoms with E-state index in [1.165, 1.54) is 5.56 Å². The Balaban J connectivity index is 1.95. The summed E-state index contributed by atoms with van der Waals surface area (Å²) in [5, 5.41) is 0. The molecule has 5 heteroatoms. The molecule has 2 N–H and O–H groups in total. The van der Waals surface area contributed by atoms with E-state index in [0.29, 0.717) is 12.5 Å². The summed E-state index contributed by atoms with van der Waals surface area (Å²) in [5.41, 5.74) is 7.16. The maximum atomic E-state index is 5.99. The van der Waals surface area contributed by atoms with Crippen LogP contribution < -0.4 is 5.73 Å². The summed E-state index contributed by atoms with van der Waals surface area (Å²) in [4.78, 5) is 6.61. The minimum Gasteiger partial charge on any atom is -0.370 e. The average molecular weight is 314 g/mol. The molecule has 92 valence electrons. The maximum Gasteiger partial charge on any atom is 0.191 e. The van der Waals surface area contributed by atoms with Gasteiger partial charge in [-0.15, -0.1) is 0 Å². The third-order valence-corrected chi connectivity index (χ3v) is 4.08. The molecule has 1 aromatic rings. The van der Waals surface area contributed by atoms with Gasteiger partial charge in [-0.25, -0.2) is 4.99 Å². The van der Waals surface area contributed by atoms with Crippen LogP contribution in [-0.2, 0) is 6.54 Å². The van der Waals surface area contributed by atoms with Crippen molar-refractivity contribution >= 4 is 33.7 Å².